The largest absolute Gasteiger partial charge is 0.338 e. The van der Waals surface area contributed by atoms with Gasteiger partial charge in [0, 0.05) is 6.42 Å². The summed E-state index contributed by atoms with van der Waals surface area (Å²) < 4.78 is 7.54. The van der Waals surface area contributed by atoms with E-state index < -0.39 is 0 Å². The van der Waals surface area contributed by atoms with Gasteiger partial charge in [0.15, 0.2) is 16.8 Å². The van der Waals surface area contributed by atoms with Gasteiger partial charge in [-0.2, -0.15) is 4.98 Å². The molecule has 0 bridgehead atoms. The molecule has 1 unspecified atom stereocenters. The minimum Gasteiger partial charge on any atom is -0.338 e. The first-order valence-electron chi connectivity index (χ1n) is 8.74. The summed E-state index contributed by atoms with van der Waals surface area (Å²) in [6, 6.07) is 14.4. The first kappa shape index (κ1) is 17.9. The van der Waals surface area contributed by atoms with E-state index in [1.165, 1.54) is 5.56 Å². The van der Waals surface area contributed by atoms with Gasteiger partial charge in [-0.25, -0.2) is 0 Å². The minimum absolute atomic E-state index is 0.00675. The molecule has 3 aromatic heterocycles. The molecule has 138 valence electrons. The third-order valence-corrected chi connectivity index (χ3v) is 6.01. The van der Waals surface area contributed by atoms with Crippen LogP contribution in [0.4, 0.5) is 0 Å². The second-order valence-corrected chi connectivity index (χ2v) is 8.27. The van der Waals surface area contributed by atoms with Gasteiger partial charge in [-0.1, -0.05) is 60.2 Å². The minimum atomic E-state index is -0.00675. The Labute approximate surface area is 165 Å². The molecule has 3 heterocycles. The van der Waals surface area contributed by atoms with E-state index in [-0.39, 0.29) is 5.25 Å². The fourth-order valence-electron chi connectivity index (χ4n) is 2.66. The third kappa shape index (κ3) is 3.96. The van der Waals surface area contributed by atoms with Gasteiger partial charge in [-0.05, 0) is 23.9 Å². The van der Waals surface area contributed by atoms with E-state index in [4.69, 9.17) is 4.52 Å². The maximum absolute atomic E-state index is 5.39. The Balaban J connectivity index is 1.65. The molecule has 0 saturated heterocycles. The van der Waals surface area contributed by atoms with Gasteiger partial charge in [0.05, 0.1) is 16.7 Å². The Morgan fingerprint density at radius 2 is 2.00 bits per heavy atom. The number of hydrogen-bond acceptors (Lipinski definition) is 7. The van der Waals surface area contributed by atoms with Crippen LogP contribution in [0.15, 0.2) is 57.5 Å². The molecule has 1 atom stereocenters. The molecule has 0 fully saturated rings. The first-order valence-corrected chi connectivity index (χ1v) is 10.5. The number of thioether (sulfide) groups is 1. The standard InChI is InChI=1S/C19H19N5OS2/c1-3-16-20-18(25-23-16)13(2)27-19-22-21-17(15-10-7-11-26-15)24(19)12-14-8-5-4-6-9-14/h4-11,13H,3,12H2,1-2H3. The summed E-state index contributed by atoms with van der Waals surface area (Å²) in [5.74, 6) is 2.22. The smallest absolute Gasteiger partial charge is 0.239 e. The van der Waals surface area contributed by atoms with Gasteiger partial charge in [-0.15, -0.1) is 21.5 Å². The van der Waals surface area contributed by atoms with Gasteiger partial charge in [0.1, 0.15) is 0 Å². The summed E-state index contributed by atoms with van der Waals surface area (Å²) in [7, 11) is 0. The van der Waals surface area contributed by atoms with E-state index in [0.717, 1.165) is 28.1 Å². The van der Waals surface area contributed by atoms with Crippen molar-refractivity contribution in [2.24, 2.45) is 0 Å². The zero-order valence-corrected chi connectivity index (χ0v) is 16.7. The molecule has 0 aliphatic rings. The number of aromatic nitrogens is 5. The number of benzene rings is 1. The Hall–Kier alpha value is -2.45. The average molecular weight is 398 g/mol. The van der Waals surface area contributed by atoms with Crippen LogP contribution in [0.3, 0.4) is 0 Å². The van der Waals surface area contributed by atoms with Crippen molar-refractivity contribution in [3.8, 4) is 10.7 Å². The monoisotopic (exact) mass is 397 g/mol. The topological polar surface area (TPSA) is 69.6 Å². The summed E-state index contributed by atoms with van der Waals surface area (Å²) in [5, 5.41) is 15.8. The molecule has 0 amide bonds. The fourth-order valence-corrected chi connectivity index (χ4v) is 4.25. The summed E-state index contributed by atoms with van der Waals surface area (Å²) in [4.78, 5) is 5.54. The van der Waals surface area contributed by atoms with Gasteiger partial charge < -0.3 is 4.52 Å². The predicted octanol–water partition coefficient (Wildman–Crippen LogP) is 4.85. The lowest BCUT2D eigenvalue weighted by molar-refractivity contribution is 0.375. The zero-order chi connectivity index (χ0) is 18.6. The van der Waals surface area contributed by atoms with Crippen LogP contribution in [-0.4, -0.2) is 24.9 Å². The maximum atomic E-state index is 5.39. The zero-order valence-electron chi connectivity index (χ0n) is 15.1. The predicted molar refractivity (Wildman–Crippen MR) is 107 cm³/mol. The van der Waals surface area contributed by atoms with Crippen LogP contribution in [0, 0.1) is 0 Å². The Bertz CT molecular complexity index is 994. The van der Waals surface area contributed by atoms with Gasteiger partial charge >= 0.3 is 0 Å². The van der Waals surface area contributed by atoms with Crippen LogP contribution < -0.4 is 0 Å². The summed E-state index contributed by atoms with van der Waals surface area (Å²) in [6.07, 6.45) is 0.758. The van der Waals surface area contributed by atoms with Crippen LogP contribution in [0.25, 0.3) is 10.7 Å². The number of aryl methyl sites for hydroxylation is 1. The second-order valence-electron chi connectivity index (χ2n) is 6.02. The molecule has 0 spiro atoms. The summed E-state index contributed by atoms with van der Waals surface area (Å²) >= 11 is 3.24. The van der Waals surface area contributed by atoms with E-state index in [1.54, 1.807) is 23.1 Å². The highest BCUT2D eigenvalue weighted by atomic mass is 32.2. The number of rotatable bonds is 7. The van der Waals surface area contributed by atoms with Crippen LogP contribution in [0.2, 0.25) is 0 Å². The molecular formula is C19H19N5OS2. The highest BCUT2D eigenvalue weighted by Crippen LogP contribution is 2.35. The molecule has 0 N–H and O–H groups in total. The molecule has 8 heteroatoms. The van der Waals surface area contributed by atoms with Crippen molar-refractivity contribution < 1.29 is 4.52 Å². The highest BCUT2D eigenvalue weighted by molar-refractivity contribution is 7.99. The highest BCUT2D eigenvalue weighted by Gasteiger charge is 2.21. The fraction of sp³-hybridized carbons (Fsp3) is 0.263. The lowest BCUT2D eigenvalue weighted by Crippen LogP contribution is -2.04. The first-order chi connectivity index (χ1) is 13.2. The van der Waals surface area contributed by atoms with Crippen molar-refractivity contribution in [1.82, 2.24) is 24.9 Å². The summed E-state index contributed by atoms with van der Waals surface area (Å²) in [5.41, 5.74) is 1.20. The number of nitrogens with zero attached hydrogens (tertiary/aromatic N) is 5. The molecule has 0 saturated carbocycles. The normalized spacial score (nSPS) is 12.4. The molecule has 6 nitrogen and oxygen atoms in total. The average Bonchev–Trinajstić information content (AvgIpc) is 3.44. The van der Waals surface area contributed by atoms with Crippen LogP contribution >= 0.6 is 23.1 Å². The maximum Gasteiger partial charge on any atom is 0.239 e. The third-order valence-electron chi connectivity index (χ3n) is 4.07. The van der Waals surface area contributed by atoms with Gasteiger partial charge in [0.2, 0.25) is 5.89 Å². The van der Waals surface area contributed by atoms with Crippen molar-refractivity contribution in [3.05, 3.63) is 65.1 Å². The molecule has 0 aliphatic heterocycles. The Kier molecular flexibility index (Phi) is 5.35. The molecule has 27 heavy (non-hydrogen) atoms. The lowest BCUT2D eigenvalue weighted by atomic mass is 10.2. The van der Waals surface area contributed by atoms with E-state index in [9.17, 15) is 0 Å². The number of hydrogen-bond donors (Lipinski definition) is 0. The van der Waals surface area contributed by atoms with E-state index >= 15 is 0 Å². The van der Waals surface area contributed by atoms with E-state index in [0.29, 0.717) is 12.4 Å². The van der Waals surface area contributed by atoms with Crippen molar-refractivity contribution in [3.63, 3.8) is 0 Å². The van der Waals surface area contributed by atoms with Gasteiger partial charge in [-0.3, -0.25) is 4.57 Å². The molecule has 4 rings (SSSR count). The second kappa shape index (κ2) is 8.06. The SMILES string of the molecule is CCc1noc(C(C)Sc2nnc(-c3cccs3)n2Cc2ccccc2)n1. The molecule has 1 aromatic carbocycles. The van der Waals surface area contributed by atoms with Crippen LogP contribution in [0.5, 0.6) is 0 Å². The summed E-state index contributed by atoms with van der Waals surface area (Å²) in [6.45, 7) is 4.76. The van der Waals surface area contributed by atoms with Crippen molar-refractivity contribution in [1.29, 1.82) is 0 Å². The molecule has 4 aromatic rings. The molecule has 0 aliphatic carbocycles. The van der Waals surface area contributed by atoms with E-state index in [2.05, 4.69) is 48.5 Å². The van der Waals surface area contributed by atoms with Crippen molar-refractivity contribution in [2.45, 2.75) is 37.2 Å². The van der Waals surface area contributed by atoms with Gasteiger partial charge in [0.25, 0.3) is 0 Å². The Morgan fingerprint density at radius 3 is 2.70 bits per heavy atom. The lowest BCUT2D eigenvalue weighted by Gasteiger charge is -2.11. The quantitative estimate of drug-likeness (QED) is 0.415. The van der Waals surface area contributed by atoms with Crippen LogP contribution in [-0.2, 0) is 13.0 Å². The van der Waals surface area contributed by atoms with Crippen LogP contribution in [0.1, 0.15) is 36.4 Å². The van der Waals surface area contributed by atoms with E-state index in [1.807, 2.05) is 38.1 Å². The number of thiophene rings is 1. The molecular weight excluding hydrogens is 378 g/mol. The molecule has 0 radical (unpaired) electrons. The van der Waals surface area contributed by atoms with Crippen molar-refractivity contribution >= 4 is 23.1 Å². The Morgan fingerprint density at radius 1 is 1.15 bits per heavy atom. The van der Waals surface area contributed by atoms with Crippen molar-refractivity contribution in [2.75, 3.05) is 0 Å².